The highest BCUT2D eigenvalue weighted by Gasteiger charge is 2.25. The Morgan fingerprint density at radius 1 is 1.44 bits per heavy atom. The van der Waals surface area contributed by atoms with Crippen LogP contribution in [0.15, 0.2) is 18.2 Å². The molecule has 2 rings (SSSR count). The highest BCUT2D eigenvalue weighted by atomic mass is 19.1. The number of nitrogens with two attached hydrogens (primary N) is 1. The fourth-order valence-electron chi connectivity index (χ4n) is 1.88. The maximum absolute atomic E-state index is 13.6. The van der Waals surface area contributed by atoms with Gasteiger partial charge in [-0.3, -0.25) is 0 Å². The molecule has 1 aromatic carbocycles. The molecule has 0 saturated carbocycles. The van der Waals surface area contributed by atoms with Crippen molar-refractivity contribution in [3.8, 4) is 0 Å². The van der Waals surface area contributed by atoms with Crippen molar-refractivity contribution >= 4 is 11.0 Å². The van der Waals surface area contributed by atoms with Gasteiger partial charge in [0.1, 0.15) is 11.3 Å². The lowest BCUT2D eigenvalue weighted by atomic mass is 9.93. The fraction of sp³-hybridized carbons (Fsp3) is 0.417. The van der Waals surface area contributed by atoms with Gasteiger partial charge in [0.05, 0.1) is 5.52 Å². The molecule has 3 nitrogen and oxygen atoms in total. The molecule has 0 fully saturated rings. The number of fused-ring (bicyclic) bond motifs is 1. The summed E-state index contributed by atoms with van der Waals surface area (Å²) in [6.45, 7) is 4.49. The van der Waals surface area contributed by atoms with Gasteiger partial charge < -0.3 is 10.3 Å². The number of halogens is 1. The van der Waals surface area contributed by atoms with E-state index in [1.165, 1.54) is 6.07 Å². The molecule has 86 valence electrons. The lowest BCUT2D eigenvalue weighted by Crippen LogP contribution is -2.31. The van der Waals surface area contributed by atoms with E-state index in [0.29, 0.717) is 12.1 Å². The summed E-state index contributed by atoms with van der Waals surface area (Å²) in [6, 6.07) is 4.98. The molecule has 2 aromatic rings. The first-order chi connectivity index (χ1) is 7.47. The maximum atomic E-state index is 13.6. The van der Waals surface area contributed by atoms with Crippen LogP contribution in [0.1, 0.15) is 19.7 Å². The largest absolute Gasteiger partial charge is 0.331 e. The van der Waals surface area contributed by atoms with Crippen LogP contribution in [0.4, 0.5) is 4.39 Å². The average molecular weight is 221 g/mol. The number of aromatic nitrogens is 2. The molecule has 0 bridgehead atoms. The molecule has 0 saturated heterocycles. The molecular formula is C12H16FN3. The van der Waals surface area contributed by atoms with Crippen LogP contribution in [0.25, 0.3) is 11.0 Å². The van der Waals surface area contributed by atoms with Gasteiger partial charge in [-0.15, -0.1) is 0 Å². The first-order valence-electron chi connectivity index (χ1n) is 5.29. The van der Waals surface area contributed by atoms with Crippen LogP contribution in [-0.2, 0) is 12.5 Å². The highest BCUT2D eigenvalue weighted by Crippen LogP contribution is 2.26. The second-order valence-electron chi connectivity index (χ2n) is 4.69. The van der Waals surface area contributed by atoms with Crippen LogP contribution in [0, 0.1) is 5.82 Å². The molecule has 0 spiro atoms. The summed E-state index contributed by atoms with van der Waals surface area (Å²) in [5.41, 5.74) is 6.69. The number of benzene rings is 1. The lowest BCUT2D eigenvalue weighted by molar-refractivity contribution is 0.487. The number of nitrogens with zero attached hydrogens (tertiary/aromatic N) is 2. The Bertz CT molecular complexity index is 528. The first kappa shape index (κ1) is 11.1. The van der Waals surface area contributed by atoms with Gasteiger partial charge in [-0.25, -0.2) is 9.37 Å². The molecule has 0 radical (unpaired) electrons. The zero-order valence-corrected chi connectivity index (χ0v) is 9.79. The summed E-state index contributed by atoms with van der Waals surface area (Å²) in [5, 5.41) is 0. The van der Waals surface area contributed by atoms with Crippen molar-refractivity contribution in [1.29, 1.82) is 0 Å². The number of aryl methyl sites for hydroxylation is 1. The van der Waals surface area contributed by atoms with Gasteiger partial charge in [0, 0.05) is 19.0 Å². The first-order valence-corrected chi connectivity index (χ1v) is 5.29. The molecule has 0 unspecified atom stereocenters. The van der Waals surface area contributed by atoms with Gasteiger partial charge in [0.2, 0.25) is 0 Å². The summed E-state index contributed by atoms with van der Waals surface area (Å²) in [7, 11) is 1.89. The third kappa shape index (κ3) is 1.50. The monoisotopic (exact) mass is 221 g/mol. The summed E-state index contributed by atoms with van der Waals surface area (Å²) in [5.74, 6) is 0.530. The number of rotatable bonds is 2. The Morgan fingerprint density at radius 3 is 2.69 bits per heavy atom. The summed E-state index contributed by atoms with van der Waals surface area (Å²) in [6.07, 6.45) is 0. The molecule has 0 aliphatic carbocycles. The van der Waals surface area contributed by atoms with Gasteiger partial charge in [-0.2, -0.15) is 0 Å². The van der Waals surface area contributed by atoms with Crippen LogP contribution >= 0.6 is 0 Å². The third-order valence-electron chi connectivity index (χ3n) is 2.98. The second-order valence-corrected chi connectivity index (χ2v) is 4.69. The molecule has 1 heterocycles. The summed E-state index contributed by atoms with van der Waals surface area (Å²) < 4.78 is 15.5. The molecule has 0 aliphatic rings. The zero-order chi connectivity index (χ0) is 11.9. The molecule has 0 amide bonds. The van der Waals surface area contributed by atoms with E-state index in [9.17, 15) is 4.39 Å². The van der Waals surface area contributed by atoms with E-state index in [-0.39, 0.29) is 11.2 Å². The smallest absolute Gasteiger partial charge is 0.151 e. The Labute approximate surface area is 94.1 Å². The molecule has 2 N–H and O–H groups in total. The van der Waals surface area contributed by atoms with E-state index in [0.717, 1.165) is 11.3 Å². The third-order valence-corrected chi connectivity index (χ3v) is 2.98. The Morgan fingerprint density at radius 2 is 2.12 bits per heavy atom. The molecule has 16 heavy (non-hydrogen) atoms. The van der Waals surface area contributed by atoms with Crippen molar-refractivity contribution in [1.82, 2.24) is 9.55 Å². The molecular weight excluding hydrogens is 205 g/mol. The average Bonchev–Trinajstić information content (AvgIpc) is 2.59. The molecule has 0 aliphatic heterocycles. The van der Waals surface area contributed by atoms with E-state index in [1.54, 1.807) is 6.07 Å². The van der Waals surface area contributed by atoms with Crippen LogP contribution in [0.3, 0.4) is 0 Å². The second kappa shape index (κ2) is 3.56. The van der Waals surface area contributed by atoms with Gasteiger partial charge in [-0.1, -0.05) is 19.9 Å². The molecule has 4 heteroatoms. The maximum Gasteiger partial charge on any atom is 0.151 e. The lowest BCUT2D eigenvalue weighted by Gasteiger charge is -2.21. The number of hydrogen-bond donors (Lipinski definition) is 1. The Kier molecular flexibility index (Phi) is 2.46. The zero-order valence-electron chi connectivity index (χ0n) is 9.79. The quantitative estimate of drug-likeness (QED) is 0.842. The van der Waals surface area contributed by atoms with Crippen LogP contribution in [-0.4, -0.2) is 16.1 Å². The Balaban J connectivity index is 2.74. The van der Waals surface area contributed by atoms with E-state index in [1.807, 2.05) is 31.5 Å². The van der Waals surface area contributed by atoms with E-state index in [4.69, 9.17) is 5.73 Å². The van der Waals surface area contributed by atoms with Crippen LogP contribution < -0.4 is 5.73 Å². The Hall–Kier alpha value is -1.42. The molecule has 0 atom stereocenters. The number of para-hydroxylation sites is 1. The van der Waals surface area contributed by atoms with E-state index in [2.05, 4.69) is 4.98 Å². The van der Waals surface area contributed by atoms with E-state index < -0.39 is 0 Å². The van der Waals surface area contributed by atoms with E-state index >= 15 is 0 Å². The van der Waals surface area contributed by atoms with Crippen molar-refractivity contribution in [3.63, 3.8) is 0 Å². The predicted molar refractivity (Wildman–Crippen MR) is 62.8 cm³/mol. The van der Waals surface area contributed by atoms with Gasteiger partial charge >= 0.3 is 0 Å². The minimum absolute atomic E-state index is 0.250. The van der Waals surface area contributed by atoms with Crippen molar-refractivity contribution in [3.05, 3.63) is 29.8 Å². The van der Waals surface area contributed by atoms with Crippen LogP contribution in [0.2, 0.25) is 0 Å². The number of hydrogen-bond acceptors (Lipinski definition) is 2. The summed E-state index contributed by atoms with van der Waals surface area (Å²) >= 11 is 0. The topological polar surface area (TPSA) is 43.8 Å². The molecule has 1 aromatic heterocycles. The number of imidazole rings is 1. The van der Waals surface area contributed by atoms with Gasteiger partial charge in [0.25, 0.3) is 0 Å². The minimum atomic E-state index is -0.285. The van der Waals surface area contributed by atoms with Crippen molar-refractivity contribution < 1.29 is 4.39 Å². The normalized spacial score (nSPS) is 12.3. The minimum Gasteiger partial charge on any atom is -0.331 e. The van der Waals surface area contributed by atoms with Gasteiger partial charge in [0.15, 0.2) is 5.82 Å². The summed E-state index contributed by atoms with van der Waals surface area (Å²) in [4.78, 5) is 4.36. The predicted octanol–water partition coefficient (Wildman–Crippen LogP) is 1.95. The highest BCUT2D eigenvalue weighted by molar-refractivity contribution is 5.76. The van der Waals surface area contributed by atoms with Crippen molar-refractivity contribution in [2.75, 3.05) is 6.54 Å². The van der Waals surface area contributed by atoms with Crippen LogP contribution in [0.5, 0.6) is 0 Å². The standard InChI is InChI=1S/C12H16FN3/c1-12(2,7-14)11-15-10-8(13)5-4-6-9(10)16(11)3/h4-6H,7,14H2,1-3H3. The fourth-order valence-corrected chi connectivity index (χ4v) is 1.88. The van der Waals surface area contributed by atoms with Crippen molar-refractivity contribution in [2.45, 2.75) is 19.3 Å². The van der Waals surface area contributed by atoms with Gasteiger partial charge in [-0.05, 0) is 12.1 Å². The SMILES string of the molecule is Cn1c(C(C)(C)CN)nc2c(F)cccc21. The van der Waals surface area contributed by atoms with Crippen molar-refractivity contribution in [2.24, 2.45) is 12.8 Å².